The fraction of sp³-hybridized carbons (Fsp3) is 0.259. The van der Waals surface area contributed by atoms with Crippen LogP contribution >= 0.6 is 0 Å². The van der Waals surface area contributed by atoms with Gasteiger partial charge in [0.1, 0.15) is 0 Å². The zero-order valence-corrected chi connectivity index (χ0v) is 20.4. The largest absolute Gasteiger partial charge is 0.481 e. The van der Waals surface area contributed by atoms with E-state index in [2.05, 4.69) is 5.43 Å². The van der Waals surface area contributed by atoms with Crippen molar-refractivity contribution >= 4 is 27.9 Å². The third-order valence-electron chi connectivity index (χ3n) is 5.72. The Morgan fingerprint density at radius 1 is 0.971 bits per heavy atom. The van der Waals surface area contributed by atoms with Crippen molar-refractivity contribution in [3.63, 3.8) is 0 Å². The number of carbonyl (C=O) groups is 2. The molecule has 3 rings (SSSR count). The van der Waals surface area contributed by atoms with Crippen molar-refractivity contribution in [2.75, 3.05) is 17.3 Å². The number of aryl methyl sites for hydroxylation is 2. The second kappa shape index (κ2) is 12.3. The van der Waals surface area contributed by atoms with Gasteiger partial charge in [0.05, 0.1) is 22.8 Å². The summed E-state index contributed by atoms with van der Waals surface area (Å²) in [5.74, 6) is -1.93. The quantitative estimate of drug-likeness (QED) is 0.275. The van der Waals surface area contributed by atoms with Gasteiger partial charge in [-0.2, -0.15) is 0 Å². The lowest BCUT2D eigenvalue weighted by Gasteiger charge is -2.18. The summed E-state index contributed by atoms with van der Waals surface area (Å²) in [4.78, 5) is 22.8. The van der Waals surface area contributed by atoms with E-state index in [0.717, 1.165) is 29.6 Å². The maximum atomic E-state index is 13.0. The van der Waals surface area contributed by atoms with Crippen LogP contribution in [0.15, 0.2) is 83.8 Å². The number of nitrogens with zero attached hydrogens (tertiary/aromatic N) is 1. The van der Waals surface area contributed by atoms with Crippen molar-refractivity contribution in [2.45, 2.75) is 37.0 Å². The molecule has 0 saturated carbocycles. The van der Waals surface area contributed by atoms with E-state index in [1.807, 2.05) is 37.3 Å². The minimum Gasteiger partial charge on any atom is -0.481 e. The number of carboxylic acids is 1. The van der Waals surface area contributed by atoms with E-state index in [1.54, 1.807) is 48.5 Å². The minimum atomic E-state index is -3.67. The van der Waals surface area contributed by atoms with E-state index in [1.165, 1.54) is 5.01 Å². The molecule has 1 amide bonds. The van der Waals surface area contributed by atoms with Crippen LogP contribution in [-0.4, -0.2) is 38.2 Å². The number of sulfone groups is 1. The summed E-state index contributed by atoms with van der Waals surface area (Å²) in [5, 5.41) is 10.7. The van der Waals surface area contributed by atoms with Gasteiger partial charge in [0, 0.05) is 12.5 Å². The number of nitrogens with one attached hydrogen (secondary N) is 1. The Kier molecular flexibility index (Phi) is 9.17. The number of anilines is 1. The molecule has 35 heavy (non-hydrogen) atoms. The monoisotopic (exact) mass is 494 g/mol. The van der Waals surface area contributed by atoms with Gasteiger partial charge in [-0.3, -0.25) is 9.59 Å². The van der Waals surface area contributed by atoms with E-state index < -0.39 is 21.7 Å². The smallest absolute Gasteiger partial charge is 0.303 e. The Balaban J connectivity index is 1.68. The summed E-state index contributed by atoms with van der Waals surface area (Å²) in [5.41, 5.74) is 6.48. The van der Waals surface area contributed by atoms with Gasteiger partial charge in [-0.1, -0.05) is 61.5 Å². The first-order valence-electron chi connectivity index (χ1n) is 11.5. The van der Waals surface area contributed by atoms with E-state index in [-0.39, 0.29) is 17.1 Å². The van der Waals surface area contributed by atoms with Gasteiger partial charge in [0.2, 0.25) is 6.41 Å². The normalized spacial score (nSPS) is 12.1. The molecule has 8 heteroatoms. The first-order chi connectivity index (χ1) is 16.8. The van der Waals surface area contributed by atoms with Crippen molar-refractivity contribution < 1.29 is 23.1 Å². The van der Waals surface area contributed by atoms with Crippen molar-refractivity contribution in [1.82, 2.24) is 5.43 Å². The number of benzene rings is 3. The molecule has 0 unspecified atom stereocenters. The highest BCUT2D eigenvalue weighted by Crippen LogP contribution is 2.25. The van der Waals surface area contributed by atoms with Crippen molar-refractivity contribution in [3.05, 3.63) is 95.6 Å². The van der Waals surface area contributed by atoms with Crippen molar-refractivity contribution in [1.29, 1.82) is 0 Å². The van der Waals surface area contributed by atoms with Crippen LogP contribution in [0.2, 0.25) is 0 Å². The molecular weight excluding hydrogens is 464 g/mol. The van der Waals surface area contributed by atoms with Crippen LogP contribution in [0.5, 0.6) is 0 Å². The molecule has 0 radical (unpaired) electrons. The predicted octanol–water partition coefficient (Wildman–Crippen LogP) is 3.99. The number of aliphatic carboxylic acids is 1. The van der Waals surface area contributed by atoms with E-state index in [4.69, 9.17) is 0 Å². The molecule has 7 nitrogen and oxygen atoms in total. The molecular formula is C27H30N2O5S. The molecule has 0 bridgehead atoms. The third-order valence-corrected chi connectivity index (χ3v) is 7.55. The van der Waals surface area contributed by atoms with Gasteiger partial charge in [-0.15, -0.1) is 0 Å². The highest BCUT2D eigenvalue weighted by atomic mass is 32.2. The molecule has 2 N–H and O–H groups in total. The number of amides is 1. The first kappa shape index (κ1) is 26.1. The molecule has 0 aliphatic heterocycles. The van der Waals surface area contributed by atoms with Crippen molar-refractivity contribution in [3.8, 4) is 0 Å². The SMILES string of the molecule is CCNN(C=O)c1cccc(CCc2ccc(S(=O)(=O)C[C@H](CC(=O)O)c3ccccc3)cc2)c1. The predicted molar refractivity (Wildman–Crippen MR) is 136 cm³/mol. The topological polar surface area (TPSA) is 104 Å². The molecule has 3 aromatic rings. The molecule has 0 heterocycles. The molecule has 184 valence electrons. The number of rotatable bonds is 13. The molecule has 1 atom stereocenters. The summed E-state index contributed by atoms with van der Waals surface area (Å²) in [6, 6.07) is 23.3. The van der Waals surface area contributed by atoms with Crippen LogP contribution in [0, 0.1) is 0 Å². The highest BCUT2D eigenvalue weighted by Gasteiger charge is 2.24. The van der Waals surface area contributed by atoms with Crippen LogP contribution < -0.4 is 10.4 Å². The number of carboxylic acid groups (broad SMARTS) is 1. The maximum absolute atomic E-state index is 13.0. The molecule has 0 aliphatic rings. The molecule has 0 aromatic heterocycles. The lowest BCUT2D eigenvalue weighted by molar-refractivity contribution is -0.137. The van der Waals surface area contributed by atoms with Crippen molar-refractivity contribution in [2.24, 2.45) is 0 Å². The Hall–Kier alpha value is -3.49. The Morgan fingerprint density at radius 3 is 2.29 bits per heavy atom. The summed E-state index contributed by atoms with van der Waals surface area (Å²) in [6.45, 7) is 2.54. The fourth-order valence-corrected chi connectivity index (χ4v) is 5.53. The summed E-state index contributed by atoms with van der Waals surface area (Å²) < 4.78 is 26.1. The number of carbonyl (C=O) groups excluding carboxylic acids is 1. The zero-order valence-electron chi connectivity index (χ0n) is 19.6. The molecule has 0 fully saturated rings. The highest BCUT2D eigenvalue weighted by molar-refractivity contribution is 7.91. The Bertz CT molecular complexity index is 1230. The average Bonchev–Trinajstić information content (AvgIpc) is 2.86. The van der Waals surface area contributed by atoms with Crippen LogP contribution in [0.4, 0.5) is 5.69 Å². The van der Waals surface area contributed by atoms with Crippen LogP contribution in [-0.2, 0) is 32.3 Å². The van der Waals surface area contributed by atoms with Gasteiger partial charge < -0.3 is 5.11 Å². The lowest BCUT2D eigenvalue weighted by Crippen LogP contribution is -2.36. The van der Waals surface area contributed by atoms with Gasteiger partial charge in [0.25, 0.3) is 0 Å². The summed E-state index contributed by atoms with van der Waals surface area (Å²) in [7, 11) is -3.67. The fourth-order valence-electron chi connectivity index (χ4n) is 3.94. The zero-order chi connectivity index (χ0) is 25.3. The van der Waals surface area contributed by atoms with Crippen LogP contribution in [0.3, 0.4) is 0 Å². The molecule has 0 saturated heterocycles. The Morgan fingerprint density at radius 2 is 1.66 bits per heavy atom. The first-order valence-corrected chi connectivity index (χ1v) is 13.1. The third kappa shape index (κ3) is 7.50. The second-order valence-corrected chi connectivity index (χ2v) is 10.3. The Labute approximate surface area is 206 Å². The van der Waals surface area contributed by atoms with Gasteiger partial charge >= 0.3 is 5.97 Å². The molecule has 0 spiro atoms. The summed E-state index contributed by atoms with van der Waals surface area (Å²) >= 11 is 0. The lowest BCUT2D eigenvalue weighted by atomic mass is 9.98. The summed E-state index contributed by atoms with van der Waals surface area (Å²) in [6.07, 6.45) is 1.92. The van der Waals surface area contributed by atoms with Gasteiger partial charge in [0.15, 0.2) is 9.84 Å². The number of hydrazine groups is 1. The van der Waals surface area contributed by atoms with Crippen LogP contribution in [0.25, 0.3) is 0 Å². The average molecular weight is 495 g/mol. The molecule has 3 aromatic carbocycles. The molecule has 0 aliphatic carbocycles. The van der Waals surface area contributed by atoms with E-state index in [9.17, 15) is 23.1 Å². The standard InChI is InChI=1S/C27H30N2O5S/c1-2-28-29(20-30)25-10-6-7-22(17-25)12-11-21-13-15-26(16-14-21)35(33,34)19-24(18-27(31)32)23-8-4-3-5-9-23/h3-10,13-17,20,24,28H,2,11-12,18-19H2,1H3,(H,31,32)/t24-/m0/s1. The second-order valence-electron chi connectivity index (χ2n) is 8.29. The minimum absolute atomic E-state index is 0.182. The van der Waals surface area contributed by atoms with Gasteiger partial charge in [-0.25, -0.2) is 18.9 Å². The van der Waals surface area contributed by atoms with E-state index >= 15 is 0 Å². The maximum Gasteiger partial charge on any atom is 0.303 e. The number of hydrogen-bond donors (Lipinski definition) is 2. The van der Waals surface area contributed by atoms with Gasteiger partial charge in [-0.05, 0) is 53.8 Å². The van der Waals surface area contributed by atoms with E-state index in [0.29, 0.717) is 18.5 Å². The number of hydrogen-bond acceptors (Lipinski definition) is 5. The van der Waals surface area contributed by atoms with Crippen LogP contribution in [0.1, 0.15) is 36.0 Å².